The maximum Gasteiger partial charge on any atom is 0.168 e. The van der Waals surface area contributed by atoms with Crippen molar-refractivity contribution in [3.63, 3.8) is 0 Å². The van der Waals surface area contributed by atoms with E-state index < -0.39 is 5.79 Å². The van der Waals surface area contributed by atoms with Gasteiger partial charge in [-0.3, -0.25) is 4.79 Å². The molecule has 0 unspecified atom stereocenters. The van der Waals surface area contributed by atoms with Crippen LogP contribution in [0.25, 0.3) is 0 Å². The van der Waals surface area contributed by atoms with E-state index >= 15 is 0 Å². The Morgan fingerprint density at radius 3 is 2.08 bits per heavy atom. The van der Waals surface area contributed by atoms with Gasteiger partial charge in [-0.1, -0.05) is 13.8 Å². The fourth-order valence-corrected chi connectivity index (χ4v) is 1.78. The van der Waals surface area contributed by atoms with E-state index in [1.165, 1.54) is 0 Å². The van der Waals surface area contributed by atoms with Crippen molar-refractivity contribution in [1.82, 2.24) is 0 Å². The van der Waals surface area contributed by atoms with Crippen LogP contribution in [0, 0.1) is 11.8 Å². The third-order valence-corrected chi connectivity index (χ3v) is 2.83. The first-order valence-corrected chi connectivity index (χ1v) is 4.68. The lowest BCUT2D eigenvalue weighted by Crippen LogP contribution is -2.50. The molecular formula is C10H18O3. The van der Waals surface area contributed by atoms with Gasteiger partial charge in [0.25, 0.3) is 0 Å². The van der Waals surface area contributed by atoms with Crippen LogP contribution in [0.1, 0.15) is 26.7 Å². The molecule has 0 N–H and O–H groups in total. The highest BCUT2D eigenvalue weighted by atomic mass is 16.7. The number of carbonyl (C=O) groups is 1. The Hall–Kier alpha value is -0.410. The van der Waals surface area contributed by atoms with Crippen molar-refractivity contribution in [3.8, 4) is 0 Å². The summed E-state index contributed by atoms with van der Waals surface area (Å²) in [5, 5.41) is 0. The average Bonchev–Trinajstić information content (AvgIpc) is 2.04. The Labute approximate surface area is 79.4 Å². The van der Waals surface area contributed by atoms with E-state index in [2.05, 4.69) is 0 Å². The van der Waals surface area contributed by atoms with E-state index in [-0.39, 0.29) is 11.8 Å². The molecule has 1 saturated carbocycles. The second-order valence-electron chi connectivity index (χ2n) is 3.98. The zero-order chi connectivity index (χ0) is 10.1. The molecule has 0 amide bonds. The normalized spacial score (nSPS) is 21.6. The molecule has 0 spiro atoms. The average molecular weight is 186 g/mol. The van der Waals surface area contributed by atoms with E-state index in [4.69, 9.17) is 9.47 Å². The Bertz CT molecular complexity index is 186. The number of hydrogen-bond donors (Lipinski definition) is 0. The minimum atomic E-state index is -0.477. The SMILES string of the molecule is COC1(OC)CC(C(=O)C(C)C)C1. The lowest BCUT2D eigenvalue weighted by atomic mass is 9.73. The molecule has 1 fully saturated rings. The highest BCUT2D eigenvalue weighted by molar-refractivity contribution is 5.83. The monoisotopic (exact) mass is 186 g/mol. The standard InChI is InChI=1S/C10H18O3/c1-7(2)9(11)8-5-10(6-8,12-3)13-4/h7-8H,5-6H2,1-4H3. The van der Waals surface area contributed by atoms with E-state index in [1.54, 1.807) is 14.2 Å². The van der Waals surface area contributed by atoms with Gasteiger partial charge in [0.1, 0.15) is 5.78 Å². The molecule has 0 heterocycles. The molecule has 1 aliphatic rings. The number of ketones is 1. The predicted molar refractivity (Wildman–Crippen MR) is 49.3 cm³/mol. The summed E-state index contributed by atoms with van der Waals surface area (Å²) < 4.78 is 10.4. The molecule has 76 valence electrons. The van der Waals surface area contributed by atoms with Crippen LogP contribution in [-0.4, -0.2) is 25.8 Å². The summed E-state index contributed by atoms with van der Waals surface area (Å²) in [4.78, 5) is 11.5. The van der Waals surface area contributed by atoms with Crippen LogP contribution in [0.15, 0.2) is 0 Å². The molecular weight excluding hydrogens is 168 g/mol. The summed E-state index contributed by atoms with van der Waals surface area (Å²) in [5.74, 6) is 0.108. The number of Topliss-reactive ketones (excluding diaryl/α,β-unsaturated/α-hetero) is 1. The zero-order valence-electron chi connectivity index (χ0n) is 8.79. The van der Waals surface area contributed by atoms with Crippen molar-refractivity contribution in [2.45, 2.75) is 32.5 Å². The van der Waals surface area contributed by atoms with Gasteiger partial charge in [-0.2, -0.15) is 0 Å². The maximum atomic E-state index is 11.5. The fourth-order valence-electron chi connectivity index (χ4n) is 1.78. The quantitative estimate of drug-likeness (QED) is 0.626. The summed E-state index contributed by atoms with van der Waals surface area (Å²) in [6.07, 6.45) is 1.41. The van der Waals surface area contributed by atoms with Crippen LogP contribution in [0.3, 0.4) is 0 Å². The van der Waals surface area contributed by atoms with Crippen LogP contribution in [-0.2, 0) is 14.3 Å². The van der Waals surface area contributed by atoms with Gasteiger partial charge in [0.15, 0.2) is 5.79 Å². The van der Waals surface area contributed by atoms with E-state index in [0.717, 1.165) is 0 Å². The Morgan fingerprint density at radius 2 is 1.77 bits per heavy atom. The van der Waals surface area contributed by atoms with Gasteiger partial charge < -0.3 is 9.47 Å². The number of carbonyl (C=O) groups excluding carboxylic acids is 1. The lowest BCUT2D eigenvalue weighted by molar-refractivity contribution is -0.266. The molecule has 13 heavy (non-hydrogen) atoms. The van der Waals surface area contributed by atoms with Crippen LogP contribution in [0.5, 0.6) is 0 Å². The third-order valence-electron chi connectivity index (χ3n) is 2.83. The van der Waals surface area contributed by atoms with Gasteiger partial charge in [-0.05, 0) is 0 Å². The Balaban J connectivity index is 2.44. The zero-order valence-corrected chi connectivity index (χ0v) is 8.79. The minimum absolute atomic E-state index is 0.122. The highest BCUT2D eigenvalue weighted by Gasteiger charge is 2.48. The number of methoxy groups -OCH3 is 2. The molecule has 0 aromatic carbocycles. The van der Waals surface area contributed by atoms with Gasteiger partial charge in [0, 0.05) is 38.9 Å². The summed E-state index contributed by atoms with van der Waals surface area (Å²) in [6.45, 7) is 3.86. The van der Waals surface area contributed by atoms with E-state index in [0.29, 0.717) is 18.6 Å². The topological polar surface area (TPSA) is 35.5 Å². The van der Waals surface area contributed by atoms with Gasteiger partial charge in [0.05, 0.1) is 0 Å². The molecule has 1 aliphatic carbocycles. The van der Waals surface area contributed by atoms with E-state index in [9.17, 15) is 4.79 Å². The van der Waals surface area contributed by atoms with Crippen LogP contribution >= 0.6 is 0 Å². The number of rotatable bonds is 4. The van der Waals surface area contributed by atoms with Crippen LogP contribution in [0.2, 0.25) is 0 Å². The molecule has 0 aromatic rings. The third kappa shape index (κ3) is 1.92. The first kappa shape index (κ1) is 10.7. The van der Waals surface area contributed by atoms with Crippen molar-refractivity contribution in [2.24, 2.45) is 11.8 Å². The largest absolute Gasteiger partial charge is 0.353 e. The first-order valence-electron chi connectivity index (χ1n) is 4.68. The molecule has 0 bridgehead atoms. The Morgan fingerprint density at radius 1 is 1.31 bits per heavy atom. The second kappa shape index (κ2) is 3.76. The van der Waals surface area contributed by atoms with Gasteiger partial charge in [-0.25, -0.2) is 0 Å². The van der Waals surface area contributed by atoms with Gasteiger partial charge >= 0.3 is 0 Å². The first-order chi connectivity index (χ1) is 6.04. The van der Waals surface area contributed by atoms with Gasteiger partial charge in [-0.15, -0.1) is 0 Å². The molecule has 0 saturated heterocycles. The van der Waals surface area contributed by atoms with Crippen molar-refractivity contribution in [1.29, 1.82) is 0 Å². The minimum Gasteiger partial charge on any atom is -0.353 e. The van der Waals surface area contributed by atoms with Crippen molar-refractivity contribution in [2.75, 3.05) is 14.2 Å². The predicted octanol–water partition coefficient (Wildman–Crippen LogP) is 1.61. The molecule has 3 nitrogen and oxygen atoms in total. The summed E-state index contributed by atoms with van der Waals surface area (Å²) in [6, 6.07) is 0. The number of ether oxygens (including phenoxy) is 2. The molecule has 0 atom stereocenters. The smallest absolute Gasteiger partial charge is 0.168 e. The molecule has 1 rings (SSSR count). The van der Waals surface area contributed by atoms with Gasteiger partial charge in [0.2, 0.25) is 0 Å². The van der Waals surface area contributed by atoms with Crippen LogP contribution in [0.4, 0.5) is 0 Å². The molecule has 3 heteroatoms. The van der Waals surface area contributed by atoms with Crippen molar-refractivity contribution < 1.29 is 14.3 Å². The fraction of sp³-hybridized carbons (Fsp3) is 0.900. The van der Waals surface area contributed by atoms with Crippen molar-refractivity contribution in [3.05, 3.63) is 0 Å². The lowest BCUT2D eigenvalue weighted by Gasteiger charge is -2.44. The molecule has 0 aromatic heterocycles. The summed E-state index contributed by atoms with van der Waals surface area (Å²) in [7, 11) is 3.25. The second-order valence-corrected chi connectivity index (χ2v) is 3.98. The summed E-state index contributed by atoms with van der Waals surface area (Å²) in [5.41, 5.74) is 0. The molecule has 0 aliphatic heterocycles. The number of hydrogen-bond acceptors (Lipinski definition) is 3. The van der Waals surface area contributed by atoms with Crippen molar-refractivity contribution >= 4 is 5.78 Å². The molecule has 0 radical (unpaired) electrons. The maximum absolute atomic E-state index is 11.5. The highest BCUT2D eigenvalue weighted by Crippen LogP contribution is 2.42. The summed E-state index contributed by atoms with van der Waals surface area (Å²) >= 11 is 0. The van der Waals surface area contributed by atoms with E-state index in [1.807, 2.05) is 13.8 Å². The Kier molecular flexibility index (Phi) is 3.09. The van der Waals surface area contributed by atoms with Crippen LogP contribution < -0.4 is 0 Å².